The number of hydrogen-bond donors (Lipinski definition) is 0. The standard InChI is InChI=1S/C27H27N9/c1-28-21-7-5-18(6-8-21)24-23(19-15-20-17-31-34(4)25(20)30-16-19)26-29-11-14-36(26)27(32-24)35-12-9-22(10-13-35)33(2)3/h5-8,11,14-17,22H,9-10,12-13H2,2-4H3. The first-order valence-electron chi connectivity index (χ1n) is 12.1. The van der Waals surface area contributed by atoms with Crippen molar-refractivity contribution in [1.82, 2.24) is 34.0 Å². The van der Waals surface area contributed by atoms with Crippen molar-refractivity contribution >= 4 is 28.3 Å². The van der Waals surface area contributed by atoms with Crippen LogP contribution in [0.2, 0.25) is 0 Å². The minimum absolute atomic E-state index is 0.580. The molecular weight excluding hydrogens is 450 g/mol. The number of nitrogens with zero attached hydrogens (tertiary/aromatic N) is 9. The van der Waals surface area contributed by atoms with Crippen LogP contribution in [0.1, 0.15) is 12.8 Å². The molecule has 0 unspecified atom stereocenters. The summed E-state index contributed by atoms with van der Waals surface area (Å²) < 4.78 is 3.86. The molecule has 1 fully saturated rings. The van der Waals surface area contributed by atoms with Crippen molar-refractivity contribution in [3.05, 3.63) is 66.5 Å². The van der Waals surface area contributed by atoms with Gasteiger partial charge in [0.1, 0.15) is 5.65 Å². The van der Waals surface area contributed by atoms with Crippen LogP contribution >= 0.6 is 0 Å². The summed E-state index contributed by atoms with van der Waals surface area (Å²) in [6, 6.07) is 10.3. The smallest absolute Gasteiger partial charge is 0.211 e. The Morgan fingerprint density at radius 3 is 2.50 bits per heavy atom. The van der Waals surface area contributed by atoms with Crippen LogP contribution in [0.5, 0.6) is 0 Å². The Morgan fingerprint density at radius 1 is 1.00 bits per heavy atom. The third-order valence-corrected chi connectivity index (χ3v) is 7.14. The lowest BCUT2D eigenvalue weighted by atomic mass is 10.00. The Hall–Kier alpha value is -4.29. The molecule has 0 bridgehead atoms. The lowest BCUT2D eigenvalue weighted by Crippen LogP contribution is -2.43. The highest BCUT2D eigenvalue weighted by molar-refractivity contribution is 5.93. The van der Waals surface area contributed by atoms with E-state index in [-0.39, 0.29) is 0 Å². The molecule has 36 heavy (non-hydrogen) atoms. The summed E-state index contributed by atoms with van der Waals surface area (Å²) in [5.41, 5.74) is 5.89. The van der Waals surface area contributed by atoms with Crippen LogP contribution in [-0.4, -0.2) is 67.3 Å². The molecule has 0 spiro atoms. The van der Waals surface area contributed by atoms with E-state index in [9.17, 15) is 0 Å². The molecule has 1 aliphatic rings. The van der Waals surface area contributed by atoms with Crippen LogP contribution < -0.4 is 4.90 Å². The van der Waals surface area contributed by atoms with Crippen molar-refractivity contribution in [1.29, 1.82) is 0 Å². The van der Waals surface area contributed by atoms with Gasteiger partial charge in [-0.1, -0.05) is 24.3 Å². The fraction of sp³-hybridized carbons (Fsp3) is 0.296. The molecule has 0 saturated carbocycles. The number of piperidine rings is 1. The highest BCUT2D eigenvalue weighted by Crippen LogP contribution is 2.37. The first kappa shape index (κ1) is 22.2. The maximum atomic E-state index is 7.35. The third-order valence-electron chi connectivity index (χ3n) is 7.14. The van der Waals surface area contributed by atoms with Crippen molar-refractivity contribution in [3.63, 3.8) is 0 Å². The Labute approximate surface area is 209 Å². The van der Waals surface area contributed by atoms with Gasteiger partial charge in [-0.2, -0.15) is 5.10 Å². The number of aryl methyl sites for hydroxylation is 1. The summed E-state index contributed by atoms with van der Waals surface area (Å²) in [5, 5.41) is 5.32. The van der Waals surface area contributed by atoms with Gasteiger partial charge in [-0.05, 0) is 38.6 Å². The van der Waals surface area contributed by atoms with E-state index >= 15 is 0 Å². The number of imidazole rings is 1. The van der Waals surface area contributed by atoms with Crippen LogP contribution in [0.15, 0.2) is 55.1 Å². The van der Waals surface area contributed by atoms with Gasteiger partial charge in [0.05, 0.1) is 24.0 Å². The molecule has 9 heteroatoms. The second-order valence-corrected chi connectivity index (χ2v) is 9.50. The number of benzene rings is 1. The minimum atomic E-state index is 0.580. The van der Waals surface area contributed by atoms with E-state index in [0.717, 1.165) is 70.9 Å². The molecule has 180 valence electrons. The molecule has 9 nitrogen and oxygen atoms in total. The maximum Gasteiger partial charge on any atom is 0.211 e. The number of hydrogen-bond acceptors (Lipinski definition) is 6. The predicted molar refractivity (Wildman–Crippen MR) is 141 cm³/mol. The van der Waals surface area contributed by atoms with Gasteiger partial charge in [0, 0.05) is 55.7 Å². The van der Waals surface area contributed by atoms with Crippen molar-refractivity contribution in [3.8, 4) is 22.4 Å². The van der Waals surface area contributed by atoms with Crippen molar-refractivity contribution in [2.24, 2.45) is 7.05 Å². The second kappa shape index (κ2) is 8.73. The Bertz CT molecular complexity index is 1600. The molecular formula is C27H27N9. The Morgan fingerprint density at radius 2 is 1.78 bits per heavy atom. The lowest BCUT2D eigenvalue weighted by molar-refractivity contribution is 0.249. The normalized spacial score (nSPS) is 14.7. The van der Waals surface area contributed by atoms with Crippen molar-refractivity contribution in [2.75, 3.05) is 32.1 Å². The molecule has 5 aromatic rings. The third kappa shape index (κ3) is 3.67. The average Bonchev–Trinajstić information content (AvgIpc) is 3.54. The number of anilines is 1. The van der Waals surface area contributed by atoms with Crippen LogP contribution in [0.4, 0.5) is 11.6 Å². The van der Waals surface area contributed by atoms with Gasteiger partial charge < -0.3 is 9.80 Å². The fourth-order valence-corrected chi connectivity index (χ4v) is 5.12. The van der Waals surface area contributed by atoms with Gasteiger partial charge in [-0.3, -0.25) is 9.08 Å². The number of fused-ring (bicyclic) bond motifs is 2. The van der Waals surface area contributed by atoms with Crippen molar-refractivity contribution < 1.29 is 0 Å². The zero-order valence-corrected chi connectivity index (χ0v) is 20.6. The summed E-state index contributed by atoms with van der Waals surface area (Å²) in [5.74, 6) is 0.892. The molecule has 0 radical (unpaired) electrons. The Kier molecular flexibility index (Phi) is 5.38. The number of pyridine rings is 1. The van der Waals surface area contributed by atoms with Gasteiger partial charge >= 0.3 is 0 Å². The second-order valence-electron chi connectivity index (χ2n) is 9.50. The minimum Gasteiger partial charge on any atom is -0.342 e. The molecule has 1 aromatic carbocycles. The quantitative estimate of drug-likeness (QED) is 0.357. The van der Waals surface area contributed by atoms with Gasteiger partial charge in [0.2, 0.25) is 5.95 Å². The number of rotatable bonds is 4. The monoisotopic (exact) mass is 477 g/mol. The van der Waals surface area contributed by atoms with Crippen LogP contribution in [0, 0.1) is 6.57 Å². The van der Waals surface area contributed by atoms with E-state index in [1.165, 1.54) is 0 Å². The average molecular weight is 478 g/mol. The van der Waals surface area contributed by atoms with Gasteiger partial charge in [-0.15, -0.1) is 0 Å². The summed E-state index contributed by atoms with van der Waals surface area (Å²) in [4.78, 5) is 23.0. The van der Waals surface area contributed by atoms with Crippen LogP contribution in [0.3, 0.4) is 0 Å². The molecule has 5 heterocycles. The molecule has 1 aliphatic heterocycles. The van der Waals surface area contributed by atoms with Gasteiger partial charge in [0.25, 0.3) is 0 Å². The summed E-state index contributed by atoms with van der Waals surface area (Å²) >= 11 is 0. The van der Waals surface area contributed by atoms with E-state index in [1.807, 2.05) is 56.1 Å². The summed E-state index contributed by atoms with van der Waals surface area (Å²) in [7, 11) is 6.20. The predicted octanol–water partition coefficient (Wildman–Crippen LogP) is 4.43. The summed E-state index contributed by atoms with van der Waals surface area (Å²) in [6.45, 7) is 9.21. The van der Waals surface area contributed by atoms with Gasteiger partial charge in [0.15, 0.2) is 11.3 Å². The first-order chi connectivity index (χ1) is 17.5. The van der Waals surface area contributed by atoms with Crippen LogP contribution in [0.25, 0.3) is 43.9 Å². The van der Waals surface area contributed by atoms with E-state index in [4.69, 9.17) is 16.5 Å². The van der Waals surface area contributed by atoms with E-state index in [0.29, 0.717) is 11.7 Å². The largest absolute Gasteiger partial charge is 0.342 e. The highest BCUT2D eigenvalue weighted by Gasteiger charge is 2.26. The summed E-state index contributed by atoms with van der Waals surface area (Å²) in [6.07, 6.45) is 9.69. The lowest BCUT2D eigenvalue weighted by Gasteiger charge is -2.36. The zero-order chi connectivity index (χ0) is 24.8. The molecule has 4 aromatic heterocycles. The molecule has 1 saturated heterocycles. The molecule has 0 N–H and O–H groups in total. The van der Waals surface area contributed by atoms with Gasteiger partial charge in [-0.25, -0.2) is 19.8 Å². The topological polar surface area (TPSA) is 71.7 Å². The van der Waals surface area contributed by atoms with E-state index in [2.05, 4.69) is 49.3 Å². The molecule has 0 amide bonds. The van der Waals surface area contributed by atoms with Crippen molar-refractivity contribution in [2.45, 2.75) is 18.9 Å². The molecule has 6 rings (SSSR count). The zero-order valence-electron chi connectivity index (χ0n) is 20.6. The van der Waals surface area contributed by atoms with Crippen LogP contribution in [-0.2, 0) is 7.05 Å². The fourth-order valence-electron chi connectivity index (χ4n) is 5.12. The Balaban J connectivity index is 1.55. The molecule has 0 aliphatic carbocycles. The molecule has 0 atom stereocenters. The SMILES string of the molecule is [C-]#[N+]c1ccc(-c2nc(N3CCC(N(C)C)CC3)n3ccnc3c2-c2cnc3c(cnn3C)c2)cc1. The van der Waals surface area contributed by atoms with E-state index in [1.54, 1.807) is 4.68 Å². The number of aromatic nitrogens is 6. The maximum absolute atomic E-state index is 7.35. The highest BCUT2D eigenvalue weighted by atomic mass is 15.3. The van der Waals surface area contributed by atoms with E-state index < -0.39 is 0 Å². The first-order valence-corrected chi connectivity index (χ1v) is 12.1.